The second-order valence-electron chi connectivity index (χ2n) is 4.43. The van der Waals surface area contributed by atoms with Crippen LogP contribution in [0, 0.1) is 21.7 Å². The summed E-state index contributed by atoms with van der Waals surface area (Å²) in [5, 5.41) is 13.2. The van der Waals surface area contributed by atoms with Gasteiger partial charge in [0, 0.05) is 44.9 Å². The molecule has 1 N–H and O–H groups in total. The summed E-state index contributed by atoms with van der Waals surface area (Å²) in [7, 11) is -0.608. The molecule has 0 bridgehead atoms. The average Bonchev–Trinajstić information content (AvgIpc) is 2.35. The Kier molecular flexibility index (Phi) is 5.70. The van der Waals surface area contributed by atoms with Crippen LogP contribution in [0.25, 0.3) is 0 Å². The number of rotatable bonds is 7. The lowest BCUT2D eigenvalue weighted by atomic mass is 10.2. The lowest BCUT2D eigenvalue weighted by Crippen LogP contribution is -2.31. The molecule has 118 valence electrons. The van der Waals surface area contributed by atoms with Crippen molar-refractivity contribution >= 4 is 15.7 Å². The monoisotopic (exact) mass is 323 g/mol. The molecule has 1 aromatic carbocycles. The van der Waals surface area contributed by atoms with E-state index in [1.54, 1.807) is 0 Å². The molecular formula is C11H15F2N3O4S. The zero-order valence-electron chi connectivity index (χ0n) is 11.5. The minimum atomic E-state index is -3.38. The summed E-state index contributed by atoms with van der Waals surface area (Å²) in [6.07, 6.45) is 0. The van der Waals surface area contributed by atoms with Gasteiger partial charge in [-0.2, -0.15) is 4.39 Å². The highest BCUT2D eigenvalue weighted by atomic mass is 32.2. The van der Waals surface area contributed by atoms with E-state index in [4.69, 9.17) is 0 Å². The molecule has 21 heavy (non-hydrogen) atoms. The predicted octanol–water partition coefficient (Wildman–Crippen LogP) is 0.854. The molecule has 0 atom stereocenters. The smallest absolute Gasteiger partial charge is 0.305 e. The summed E-state index contributed by atoms with van der Waals surface area (Å²) < 4.78 is 50.6. The first-order chi connectivity index (χ1) is 9.65. The predicted molar refractivity (Wildman–Crippen MR) is 72.2 cm³/mol. The van der Waals surface area contributed by atoms with Crippen LogP contribution >= 0.6 is 0 Å². The van der Waals surface area contributed by atoms with Crippen LogP contribution in [0.15, 0.2) is 12.1 Å². The molecule has 7 nitrogen and oxygen atoms in total. The summed E-state index contributed by atoms with van der Waals surface area (Å²) in [6.45, 7) is -0.110. The molecule has 0 fully saturated rings. The van der Waals surface area contributed by atoms with Crippen molar-refractivity contribution in [3.8, 4) is 0 Å². The van der Waals surface area contributed by atoms with E-state index in [9.17, 15) is 27.3 Å². The van der Waals surface area contributed by atoms with E-state index in [0.29, 0.717) is 6.07 Å². The summed E-state index contributed by atoms with van der Waals surface area (Å²) in [4.78, 5) is 9.61. The standard InChI is InChI=1S/C11H15F2N3O4S/c1-15(2)21(19,20)4-3-14-7-8-5-11(16(17)18)10(13)6-9(8)12/h5-6,14H,3-4,7H2,1-2H3. The zero-order valence-corrected chi connectivity index (χ0v) is 12.3. The normalized spacial score (nSPS) is 11.9. The van der Waals surface area contributed by atoms with Crippen molar-refractivity contribution < 1.29 is 22.1 Å². The van der Waals surface area contributed by atoms with E-state index < -0.39 is 32.3 Å². The van der Waals surface area contributed by atoms with Crippen LogP contribution < -0.4 is 5.32 Å². The molecule has 0 radical (unpaired) electrons. The first kappa shape index (κ1) is 17.4. The molecule has 0 heterocycles. The molecule has 0 spiro atoms. The van der Waals surface area contributed by atoms with Gasteiger partial charge in [-0.15, -0.1) is 0 Å². The summed E-state index contributed by atoms with van der Waals surface area (Å²) >= 11 is 0. The maximum Gasteiger partial charge on any atom is 0.305 e. The fourth-order valence-corrected chi connectivity index (χ4v) is 2.23. The summed E-state index contributed by atoms with van der Waals surface area (Å²) in [5.41, 5.74) is -0.931. The molecule has 0 saturated heterocycles. The van der Waals surface area contributed by atoms with Gasteiger partial charge in [-0.1, -0.05) is 0 Å². The highest BCUT2D eigenvalue weighted by molar-refractivity contribution is 7.89. The molecule has 0 saturated carbocycles. The number of nitro groups is 1. The number of sulfonamides is 1. The Morgan fingerprint density at radius 3 is 2.43 bits per heavy atom. The highest BCUT2D eigenvalue weighted by Crippen LogP contribution is 2.21. The lowest BCUT2D eigenvalue weighted by Gasteiger charge is -2.11. The van der Waals surface area contributed by atoms with Gasteiger partial charge in [-0.05, 0) is 0 Å². The zero-order chi connectivity index (χ0) is 16.2. The van der Waals surface area contributed by atoms with Crippen LogP contribution in [-0.4, -0.2) is 44.0 Å². The van der Waals surface area contributed by atoms with Gasteiger partial charge in [-0.3, -0.25) is 10.1 Å². The third-order valence-electron chi connectivity index (χ3n) is 2.72. The number of halogens is 2. The fourth-order valence-electron chi connectivity index (χ4n) is 1.46. The second-order valence-corrected chi connectivity index (χ2v) is 6.73. The van der Waals surface area contributed by atoms with Gasteiger partial charge in [0.2, 0.25) is 15.8 Å². The Morgan fingerprint density at radius 1 is 1.29 bits per heavy atom. The van der Waals surface area contributed by atoms with Gasteiger partial charge in [-0.25, -0.2) is 17.1 Å². The number of hydrogen-bond donors (Lipinski definition) is 1. The Bertz CT molecular complexity index is 635. The topological polar surface area (TPSA) is 92.6 Å². The summed E-state index contributed by atoms with van der Waals surface area (Å²) in [5.74, 6) is -2.39. The number of hydrogen-bond acceptors (Lipinski definition) is 5. The quantitative estimate of drug-likeness (QED) is 0.456. The molecule has 0 aliphatic rings. The van der Waals surface area contributed by atoms with Crippen LogP contribution in [0.1, 0.15) is 5.56 Å². The van der Waals surface area contributed by atoms with Crippen molar-refractivity contribution in [1.29, 1.82) is 0 Å². The van der Waals surface area contributed by atoms with E-state index in [-0.39, 0.29) is 24.4 Å². The minimum Gasteiger partial charge on any atom is -0.311 e. The number of nitrogens with zero attached hydrogens (tertiary/aromatic N) is 2. The third kappa shape index (κ3) is 4.69. The van der Waals surface area contributed by atoms with Crippen LogP contribution in [-0.2, 0) is 16.6 Å². The molecule has 0 aromatic heterocycles. The molecular weight excluding hydrogens is 308 g/mol. The minimum absolute atomic E-state index is 0.0329. The summed E-state index contributed by atoms with van der Waals surface area (Å²) in [6, 6.07) is 1.23. The van der Waals surface area contributed by atoms with Crippen molar-refractivity contribution in [3.05, 3.63) is 39.4 Å². The van der Waals surface area contributed by atoms with Crippen molar-refractivity contribution in [2.45, 2.75) is 6.54 Å². The SMILES string of the molecule is CN(C)S(=O)(=O)CCNCc1cc([N+](=O)[O-])c(F)cc1F. The molecule has 1 rings (SSSR count). The Balaban J connectivity index is 2.69. The van der Waals surface area contributed by atoms with E-state index in [1.165, 1.54) is 14.1 Å². The van der Waals surface area contributed by atoms with Crippen molar-refractivity contribution in [3.63, 3.8) is 0 Å². The molecule has 10 heteroatoms. The Hall–Kier alpha value is -1.65. The van der Waals surface area contributed by atoms with Gasteiger partial charge in [0.1, 0.15) is 5.82 Å². The van der Waals surface area contributed by atoms with E-state index in [2.05, 4.69) is 5.32 Å². The largest absolute Gasteiger partial charge is 0.311 e. The van der Waals surface area contributed by atoms with Crippen LogP contribution in [0.2, 0.25) is 0 Å². The van der Waals surface area contributed by atoms with Gasteiger partial charge in [0.05, 0.1) is 10.7 Å². The Morgan fingerprint density at radius 2 is 1.90 bits per heavy atom. The van der Waals surface area contributed by atoms with E-state index in [0.717, 1.165) is 10.4 Å². The van der Waals surface area contributed by atoms with Crippen molar-refractivity contribution in [1.82, 2.24) is 9.62 Å². The van der Waals surface area contributed by atoms with Crippen LogP contribution in [0.5, 0.6) is 0 Å². The molecule has 0 aliphatic heterocycles. The van der Waals surface area contributed by atoms with Crippen molar-refractivity contribution in [2.24, 2.45) is 0 Å². The van der Waals surface area contributed by atoms with Crippen molar-refractivity contribution in [2.75, 3.05) is 26.4 Å². The highest BCUT2D eigenvalue weighted by Gasteiger charge is 2.18. The molecule has 0 amide bonds. The molecule has 0 unspecified atom stereocenters. The lowest BCUT2D eigenvalue weighted by molar-refractivity contribution is -0.387. The number of nitro benzene ring substituents is 1. The van der Waals surface area contributed by atoms with E-state index in [1.807, 2.05) is 0 Å². The third-order valence-corrected chi connectivity index (χ3v) is 4.55. The average molecular weight is 323 g/mol. The second kappa shape index (κ2) is 6.87. The maximum atomic E-state index is 13.5. The maximum absolute atomic E-state index is 13.5. The van der Waals surface area contributed by atoms with E-state index >= 15 is 0 Å². The van der Waals surface area contributed by atoms with Gasteiger partial charge in [0.25, 0.3) is 0 Å². The Labute approximate surface area is 120 Å². The van der Waals surface area contributed by atoms with Gasteiger partial charge in [0.15, 0.2) is 0 Å². The van der Waals surface area contributed by atoms with Gasteiger partial charge >= 0.3 is 5.69 Å². The fraction of sp³-hybridized carbons (Fsp3) is 0.455. The number of benzene rings is 1. The molecule has 0 aliphatic carbocycles. The van der Waals surface area contributed by atoms with Gasteiger partial charge < -0.3 is 5.32 Å². The number of nitrogens with one attached hydrogen (secondary N) is 1. The molecule has 1 aromatic rings. The first-order valence-corrected chi connectivity index (χ1v) is 7.49. The van der Waals surface area contributed by atoms with Crippen LogP contribution in [0.4, 0.5) is 14.5 Å². The first-order valence-electron chi connectivity index (χ1n) is 5.88. The van der Waals surface area contributed by atoms with Crippen LogP contribution in [0.3, 0.4) is 0 Å².